The van der Waals surface area contributed by atoms with Crippen LogP contribution in [0.15, 0.2) is 72.8 Å². The van der Waals surface area contributed by atoms with E-state index in [0.29, 0.717) is 36.2 Å². The average molecular weight is 434 g/mol. The van der Waals surface area contributed by atoms with Gasteiger partial charge in [-0.15, -0.1) is 12.4 Å². The number of hydrogen-bond donors (Lipinski definition) is 2. The van der Waals surface area contributed by atoms with Crippen molar-refractivity contribution in [3.63, 3.8) is 0 Å². The molecule has 29 heavy (non-hydrogen) atoms. The standard InChI is InChI=1S/C23H24ClNO3.ClH/c1-27-23-13-17(14-25-15-21(26)18-7-3-2-4-8-18)11-12-22(23)28-16-19-9-5-6-10-20(19)24;/h2-13,21,25-26H,14-16H2,1H3;1H. The maximum atomic E-state index is 10.2. The topological polar surface area (TPSA) is 50.7 Å². The van der Waals surface area contributed by atoms with Gasteiger partial charge in [0.05, 0.1) is 13.2 Å². The summed E-state index contributed by atoms with van der Waals surface area (Å²) in [5.41, 5.74) is 2.87. The Labute approximate surface area is 182 Å². The van der Waals surface area contributed by atoms with Gasteiger partial charge < -0.3 is 19.9 Å². The highest BCUT2D eigenvalue weighted by molar-refractivity contribution is 6.31. The summed E-state index contributed by atoms with van der Waals surface area (Å²) in [6.45, 7) is 1.46. The van der Waals surface area contributed by atoms with Crippen LogP contribution in [0, 0.1) is 0 Å². The number of hydrogen-bond acceptors (Lipinski definition) is 4. The third-order valence-electron chi connectivity index (χ3n) is 4.42. The molecule has 3 aromatic carbocycles. The Kier molecular flexibility index (Phi) is 9.29. The van der Waals surface area contributed by atoms with E-state index in [0.717, 1.165) is 16.7 Å². The van der Waals surface area contributed by atoms with Crippen molar-refractivity contribution >= 4 is 24.0 Å². The van der Waals surface area contributed by atoms with E-state index in [1.54, 1.807) is 7.11 Å². The van der Waals surface area contributed by atoms with E-state index in [1.807, 2.05) is 72.8 Å². The highest BCUT2D eigenvalue weighted by atomic mass is 35.5. The van der Waals surface area contributed by atoms with Gasteiger partial charge in [-0.25, -0.2) is 0 Å². The first-order chi connectivity index (χ1) is 13.7. The summed E-state index contributed by atoms with van der Waals surface area (Å²) in [7, 11) is 1.62. The number of rotatable bonds is 9. The molecule has 1 unspecified atom stereocenters. The molecule has 2 N–H and O–H groups in total. The van der Waals surface area contributed by atoms with Crippen LogP contribution in [-0.2, 0) is 13.2 Å². The second-order valence-corrected chi connectivity index (χ2v) is 6.83. The zero-order valence-electron chi connectivity index (χ0n) is 16.2. The molecule has 0 fully saturated rings. The van der Waals surface area contributed by atoms with Gasteiger partial charge in [0.25, 0.3) is 0 Å². The van der Waals surface area contributed by atoms with Crippen LogP contribution >= 0.6 is 24.0 Å². The first-order valence-electron chi connectivity index (χ1n) is 9.14. The van der Waals surface area contributed by atoms with Gasteiger partial charge in [0.1, 0.15) is 6.61 Å². The average Bonchev–Trinajstić information content (AvgIpc) is 2.74. The third kappa shape index (κ3) is 6.65. The Bertz CT molecular complexity index is 890. The van der Waals surface area contributed by atoms with Crippen molar-refractivity contribution in [3.8, 4) is 11.5 Å². The minimum atomic E-state index is -0.540. The first kappa shape index (κ1) is 23.0. The van der Waals surface area contributed by atoms with Gasteiger partial charge in [-0.1, -0.05) is 66.2 Å². The van der Waals surface area contributed by atoms with Crippen molar-refractivity contribution in [1.29, 1.82) is 0 Å². The van der Waals surface area contributed by atoms with E-state index in [-0.39, 0.29) is 12.4 Å². The highest BCUT2D eigenvalue weighted by Crippen LogP contribution is 2.29. The van der Waals surface area contributed by atoms with Crippen LogP contribution in [-0.4, -0.2) is 18.8 Å². The molecule has 0 saturated heterocycles. The number of methoxy groups -OCH3 is 1. The lowest BCUT2D eigenvalue weighted by molar-refractivity contribution is 0.174. The van der Waals surface area contributed by atoms with Crippen molar-refractivity contribution in [2.75, 3.05) is 13.7 Å². The van der Waals surface area contributed by atoms with E-state index in [9.17, 15) is 5.11 Å². The molecule has 0 aliphatic rings. The summed E-state index contributed by atoms with van der Waals surface area (Å²) in [6.07, 6.45) is -0.540. The Balaban J connectivity index is 0.00000300. The number of aliphatic hydroxyl groups is 1. The van der Waals surface area contributed by atoms with Gasteiger partial charge in [0.2, 0.25) is 0 Å². The van der Waals surface area contributed by atoms with Gasteiger partial charge in [-0.3, -0.25) is 0 Å². The molecule has 0 aromatic heterocycles. The molecule has 6 heteroatoms. The predicted octanol–water partition coefficient (Wildman–Crippen LogP) is 5.17. The Morgan fingerprint density at radius 2 is 1.69 bits per heavy atom. The molecule has 0 bridgehead atoms. The normalized spacial score (nSPS) is 11.4. The van der Waals surface area contributed by atoms with Crippen LogP contribution < -0.4 is 14.8 Å². The monoisotopic (exact) mass is 433 g/mol. The van der Waals surface area contributed by atoms with Gasteiger partial charge in [-0.05, 0) is 29.3 Å². The fourth-order valence-corrected chi connectivity index (χ4v) is 3.05. The molecular weight excluding hydrogens is 409 g/mol. The molecule has 0 aliphatic heterocycles. The quantitative estimate of drug-likeness (QED) is 0.488. The van der Waals surface area contributed by atoms with Crippen molar-refractivity contribution in [2.45, 2.75) is 19.3 Å². The van der Waals surface area contributed by atoms with Crippen molar-refractivity contribution in [3.05, 3.63) is 94.5 Å². The van der Waals surface area contributed by atoms with Crippen molar-refractivity contribution < 1.29 is 14.6 Å². The number of benzene rings is 3. The molecule has 1 atom stereocenters. The van der Waals surface area contributed by atoms with Crippen molar-refractivity contribution in [1.82, 2.24) is 5.32 Å². The summed E-state index contributed by atoms with van der Waals surface area (Å²) < 4.78 is 11.3. The number of halogens is 2. The van der Waals surface area contributed by atoms with Crippen LogP contribution in [0.2, 0.25) is 5.02 Å². The minimum Gasteiger partial charge on any atom is -0.493 e. The van der Waals surface area contributed by atoms with Gasteiger partial charge >= 0.3 is 0 Å². The molecule has 0 saturated carbocycles. The summed E-state index contributed by atoms with van der Waals surface area (Å²) in [4.78, 5) is 0. The second kappa shape index (κ2) is 11.7. The lowest BCUT2D eigenvalue weighted by Gasteiger charge is -2.14. The lowest BCUT2D eigenvalue weighted by atomic mass is 10.1. The number of ether oxygens (including phenoxy) is 2. The molecule has 0 aliphatic carbocycles. The fraction of sp³-hybridized carbons (Fsp3) is 0.217. The zero-order valence-corrected chi connectivity index (χ0v) is 17.7. The van der Waals surface area contributed by atoms with E-state index >= 15 is 0 Å². The van der Waals surface area contributed by atoms with E-state index in [2.05, 4.69) is 5.32 Å². The SMILES string of the molecule is COc1cc(CNCC(O)c2ccccc2)ccc1OCc1ccccc1Cl.Cl. The third-order valence-corrected chi connectivity index (χ3v) is 4.79. The summed E-state index contributed by atoms with van der Waals surface area (Å²) in [5, 5.41) is 14.2. The van der Waals surface area contributed by atoms with Gasteiger partial charge in [0, 0.05) is 23.7 Å². The Morgan fingerprint density at radius 1 is 0.966 bits per heavy atom. The van der Waals surface area contributed by atoms with Crippen LogP contribution in [0.3, 0.4) is 0 Å². The summed E-state index contributed by atoms with van der Waals surface area (Å²) >= 11 is 6.18. The number of nitrogens with one attached hydrogen (secondary N) is 1. The molecular formula is C23H25Cl2NO3. The van der Waals surface area contributed by atoms with Crippen LogP contribution in [0.25, 0.3) is 0 Å². The van der Waals surface area contributed by atoms with Crippen LogP contribution in [0.4, 0.5) is 0 Å². The number of aliphatic hydroxyl groups excluding tert-OH is 1. The molecule has 4 nitrogen and oxygen atoms in total. The van der Waals surface area contributed by atoms with Crippen molar-refractivity contribution in [2.24, 2.45) is 0 Å². The maximum absolute atomic E-state index is 10.2. The summed E-state index contributed by atoms with van der Waals surface area (Å²) in [6, 6.07) is 23.0. The minimum absolute atomic E-state index is 0. The molecule has 0 amide bonds. The fourth-order valence-electron chi connectivity index (χ4n) is 2.86. The zero-order chi connectivity index (χ0) is 19.8. The smallest absolute Gasteiger partial charge is 0.161 e. The van der Waals surface area contributed by atoms with Gasteiger partial charge in [-0.2, -0.15) is 0 Å². The molecule has 3 rings (SSSR count). The summed E-state index contributed by atoms with van der Waals surface area (Å²) in [5.74, 6) is 1.32. The van der Waals surface area contributed by atoms with E-state index in [4.69, 9.17) is 21.1 Å². The molecule has 3 aromatic rings. The Hall–Kier alpha value is -2.24. The van der Waals surface area contributed by atoms with Gasteiger partial charge in [0.15, 0.2) is 11.5 Å². The molecule has 0 heterocycles. The highest BCUT2D eigenvalue weighted by Gasteiger charge is 2.09. The van der Waals surface area contributed by atoms with Crippen LogP contribution in [0.5, 0.6) is 11.5 Å². The lowest BCUT2D eigenvalue weighted by Crippen LogP contribution is -2.21. The molecule has 154 valence electrons. The maximum Gasteiger partial charge on any atom is 0.161 e. The molecule has 0 spiro atoms. The Morgan fingerprint density at radius 3 is 2.41 bits per heavy atom. The van der Waals surface area contributed by atoms with E-state index < -0.39 is 6.10 Å². The predicted molar refractivity (Wildman–Crippen MR) is 119 cm³/mol. The first-order valence-corrected chi connectivity index (χ1v) is 9.52. The second-order valence-electron chi connectivity index (χ2n) is 6.42. The largest absolute Gasteiger partial charge is 0.493 e. The molecule has 0 radical (unpaired) electrons. The van der Waals surface area contributed by atoms with E-state index in [1.165, 1.54) is 0 Å². The van der Waals surface area contributed by atoms with Crippen LogP contribution in [0.1, 0.15) is 22.8 Å².